The third-order valence-electron chi connectivity index (χ3n) is 4.45. The summed E-state index contributed by atoms with van der Waals surface area (Å²) < 4.78 is 0. The van der Waals surface area contributed by atoms with Crippen LogP contribution in [0, 0.1) is 5.92 Å². The molecule has 0 bridgehead atoms. The molecule has 3 N–H and O–H groups in total. The van der Waals surface area contributed by atoms with Crippen LogP contribution < -0.4 is 5.32 Å². The molecule has 1 aromatic carbocycles. The number of fused-ring (bicyclic) bond motifs is 2. The lowest BCUT2D eigenvalue weighted by molar-refractivity contribution is 0.396. The largest absolute Gasteiger partial charge is 0.360 e. The number of benzene rings is 1. The van der Waals surface area contributed by atoms with Crippen molar-refractivity contribution < 1.29 is 0 Å². The molecule has 0 amide bonds. The fourth-order valence-electron chi connectivity index (χ4n) is 3.17. The van der Waals surface area contributed by atoms with Gasteiger partial charge in [0.25, 0.3) is 0 Å². The second kappa shape index (κ2) is 6.09. The van der Waals surface area contributed by atoms with E-state index in [0.29, 0.717) is 5.92 Å². The molecule has 5 nitrogen and oxygen atoms in total. The third-order valence-corrected chi connectivity index (χ3v) is 4.45. The zero-order valence-electron chi connectivity index (χ0n) is 13.9. The van der Waals surface area contributed by atoms with Gasteiger partial charge in [-0.2, -0.15) is 0 Å². The van der Waals surface area contributed by atoms with E-state index >= 15 is 0 Å². The van der Waals surface area contributed by atoms with E-state index in [0.717, 1.165) is 28.9 Å². The van der Waals surface area contributed by atoms with Crippen LogP contribution in [0.5, 0.6) is 0 Å². The predicted octanol–water partition coefficient (Wildman–Crippen LogP) is 3.93. The van der Waals surface area contributed by atoms with Crippen LogP contribution in [-0.2, 0) is 6.54 Å². The highest BCUT2D eigenvalue weighted by Crippen LogP contribution is 2.24. The van der Waals surface area contributed by atoms with Gasteiger partial charge in [0.15, 0.2) is 0 Å². The Morgan fingerprint density at radius 2 is 2.00 bits per heavy atom. The van der Waals surface area contributed by atoms with Gasteiger partial charge < -0.3 is 15.3 Å². The normalized spacial score (nSPS) is 13.1. The van der Waals surface area contributed by atoms with Gasteiger partial charge in [0, 0.05) is 24.3 Å². The van der Waals surface area contributed by atoms with Gasteiger partial charge in [-0.15, -0.1) is 0 Å². The van der Waals surface area contributed by atoms with Crippen LogP contribution in [-0.4, -0.2) is 19.9 Å². The topological polar surface area (TPSA) is 69.4 Å². The molecule has 0 saturated carbocycles. The summed E-state index contributed by atoms with van der Waals surface area (Å²) in [6, 6.07) is 10.4. The second-order valence-corrected chi connectivity index (χ2v) is 6.48. The Hall–Kier alpha value is -2.66. The molecule has 0 aliphatic heterocycles. The van der Waals surface area contributed by atoms with E-state index in [4.69, 9.17) is 4.98 Å². The Labute approximate surface area is 140 Å². The van der Waals surface area contributed by atoms with Crippen molar-refractivity contribution in [3.05, 3.63) is 60.3 Å². The van der Waals surface area contributed by atoms with Crippen molar-refractivity contribution in [3.63, 3.8) is 0 Å². The molecule has 0 aliphatic carbocycles. The van der Waals surface area contributed by atoms with Gasteiger partial charge >= 0.3 is 0 Å². The molecule has 0 aliphatic rings. The minimum atomic E-state index is 0.171. The Kier molecular flexibility index (Phi) is 3.78. The summed E-state index contributed by atoms with van der Waals surface area (Å²) in [4.78, 5) is 15.6. The summed E-state index contributed by atoms with van der Waals surface area (Å²) in [5.74, 6) is 1.42. The highest BCUT2D eigenvalue weighted by Gasteiger charge is 2.19. The monoisotopic (exact) mass is 319 g/mol. The van der Waals surface area contributed by atoms with E-state index < -0.39 is 0 Å². The minimum absolute atomic E-state index is 0.171. The van der Waals surface area contributed by atoms with Gasteiger partial charge in [-0.05, 0) is 29.7 Å². The number of nitrogens with one attached hydrogen (secondary N) is 3. The van der Waals surface area contributed by atoms with Crippen LogP contribution in [0.25, 0.3) is 21.9 Å². The van der Waals surface area contributed by atoms with Gasteiger partial charge in [0.05, 0.1) is 28.8 Å². The van der Waals surface area contributed by atoms with Crippen molar-refractivity contribution in [2.75, 3.05) is 0 Å². The van der Waals surface area contributed by atoms with E-state index in [9.17, 15) is 0 Å². The van der Waals surface area contributed by atoms with Gasteiger partial charge in [-0.1, -0.05) is 26.0 Å². The summed E-state index contributed by atoms with van der Waals surface area (Å²) in [7, 11) is 0. The van der Waals surface area contributed by atoms with Crippen LogP contribution in [0.1, 0.15) is 31.3 Å². The highest BCUT2D eigenvalue weighted by molar-refractivity contribution is 5.82. The number of imidazole rings is 1. The number of para-hydroxylation sites is 2. The molecule has 122 valence electrons. The van der Waals surface area contributed by atoms with Crippen molar-refractivity contribution in [2.24, 2.45) is 5.92 Å². The van der Waals surface area contributed by atoms with E-state index in [1.165, 1.54) is 10.9 Å². The molecule has 4 aromatic rings. The molecular formula is C19H21N5. The molecule has 3 aromatic heterocycles. The first-order valence-corrected chi connectivity index (χ1v) is 8.30. The van der Waals surface area contributed by atoms with Gasteiger partial charge in [-0.25, -0.2) is 4.98 Å². The summed E-state index contributed by atoms with van der Waals surface area (Å²) in [5.41, 5.74) is 4.41. The minimum Gasteiger partial charge on any atom is -0.360 e. The first-order chi connectivity index (χ1) is 11.7. The number of pyridine rings is 1. The summed E-state index contributed by atoms with van der Waals surface area (Å²) in [5, 5.41) is 4.87. The summed E-state index contributed by atoms with van der Waals surface area (Å²) in [6.07, 6.45) is 5.74. The first kappa shape index (κ1) is 14.9. The number of aromatic amines is 2. The Balaban J connectivity index is 1.59. The summed E-state index contributed by atoms with van der Waals surface area (Å²) in [6.45, 7) is 5.21. The molecule has 1 atom stereocenters. The zero-order chi connectivity index (χ0) is 16.5. The van der Waals surface area contributed by atoms with Crippen LogP contribution in [0.3, 0.4) is 0 Å². The van der Waals surface area contributed by atoms with Gasteiger partial charge in [0.1, 0.15) is 5.82 Å². The fourth-order valence-corrected chi connectivity index (χ4v) is 3.17. The second-order valence-electron chi connectivity index (χ2n) is 6.48. The van der Waals surface area contributed by atoms with E-state index in [1.807, 2.05) is 30.6 Å². The maximum Gasteiger partial charge on any atom is 0.124 e. The smallest absolute Gasteiger partial charge is 0.124 e. The molecule has 0 fully saturated rings. The van der Waals surface area contributed by atoms with Crippen molar-refractivity contribution in [2.45, 2.75) is 26.4 Å². The maximum absolute atomic E-state index is 4.76. The number of hydrogen-bond donors (Lipinski definition) is 3. The van der Waals surface area contributed by atoms with E-state index in [2.05, 4.69) is 52.4 Å². The van der Waals surface area contributed by atoms with Crippen molar-refractivity contribution in [1.29, 1.82) is 0 Å². The Morgan fingerprint density at radius 3 is 2.83 bits per heavy atom. The SMILES string of the molecule is CC(C)C(NCc1c[nH]c2cnccc12)c1nc2ccccc2[nH]1. The zero-order valence-corrected chi connectivity index (χ0v) is 13.9. The Bertz CT molecular complexity index is 933. The van der Waals surface area contributed by atoms with Gasteiger partial charge in [-0.3, -0.25) is 4.98 Å². The van der Waals surface area contributed by atoms with E-state index in [-0.39, 0.29) is 6.04 Å². The van der Waals surface area contributed by atoms with Crippen LogP contribution in [0.2, 0.25) is 0 Å². The quantitative estimate of drug-likeness (QED) is 0.522. The molecule has 0 spiro atoms. The lowest BCUT2D eigenvalue weighted by Gasteiger charge is -2.20. The number of aromatic nitrogens is 4. The van der Waals surface area contributed by atoms with Crippen LogP contribution >= 0.6 is 0 Å². The molecule has 3 heterocycles. The average molecular weight is 319 g/mol. The molecule has 1 unspecified atom stereocenters. The van der Waals surface area contributed by atoms with Crippen molar-refractivity contribution >= 4 is 21.9 Å². The standard InChI is InChI=1S/C19H21N5/c1-12(2)18(19-23-15-5-3-4-6-16(15)24-19)22-10-13-9-21-17-11-20-8-7-14(13)17/h3-9,11-12,18,21-22H,10H2,1-2H3,(H,23,24). The molecule has 4 rings (SSSR count). The molecule has 5 heteroatoms. The van der Waals surface area contributed by atoms with Crippen molar-refractivity contribution in [1.82, 2.24) is 25.3 Å². The molecule has 24 heavy (non-hydrogen) atoms. The lowest BCUT2D eigenvalue weighted by Crippen LogP contribution is -2.26. The predicted molar refractivity (Wildman–Crippen MR) is 96.6 cm³/mol. The van der Waals surface area contributed by atoms with Crippen LogP contribution in [0.15, 0.2) is 48.9 Å². The highest BCUT2D eigenvalue weighted by atomic mass is 15.0. The maximum atomic E-state index is 4.76. The molecule has 0 radical (unpaired) electrons. The lowest BCUT2D eigenvalue weighted by atomic mass is 10.0. The van der Waals surface area contributed by atoms with Crippen LogP contribution in [0.4, 0.5) is 0 Å². The fraction of sp³-hybridized carbons (Fsp3) is 0.263. The average Bonchev–Trinajstić information content (AvgIpc) is 3.19. The molecular weight excluding hydrogens is 298 g/mol. The number of nitrogens with zero attached hydrogens (tertiary/aromatic N) is 2. The number of H-pyrrole nitrogens is 2. The summed E-state index contributed by atoms with van der Waals surface area (Å²) >= 11 is 0. The van der Waals surface area contributed by atoms with Crippen molar-refractivity contribution in [3.8, 4) is 0 Å². The third kappa shape index (κ3) is 2.67. The number of rotatable bonds is 5. The number of hydrogen-bond acceptors (Lipinski definition) is 3. The van der Waals surface area contributed by atoms with E-state index in [1.54, 1.807) is 0 Å². The molecule has 0 saturated heterocycles. The van der Waals surface area contributed by atoms with Gasteiger partial charge in [0.2, 0.25) is 0 Å². The Morgan fingerprint density at radius 1 is 1.12 bits per heavy atom. The first-order valence-electron chi connectivity index (χ1n) is 8.30.